The van der Waals surface area contributed by atoms with Gasteiger partial charge in [0.25, 0.3) is 5.91 Å². The van der Waals surface area contributed by atoms with Gasteiger partial charge in [-0.05, 0) is 42.3 Å². The molecule has 0 aliphatic carbocycles. The zero-order valence-electron chi connectivity index (χ0n) is 15.3. The molecule has 0 radical (unpaired) electrons. The molecule has 0 unspecified atom stereocenters. The van der Waals surface area contributed by atoms with Gasteiger partial charge in [0.15, 0.2) is 0 Å². The largest absolute Gasteiger partial charge is 0.487 e. The van der Waals surface area contributed by atoms with E-state index in [9.17, 15) is 4.79 Å². The summed E-state index contributed by atoms with van der Waals surface area (Å²) < 4.78 is 6.20. The van der Waals surface area contributed by atoms with E-state index in [1.54, 1.807) is 0 Å². The minimum absolute atomic E-state index is 0.194. The highest BCUT2D eigenvalue weighted by atomic mass is 32.1. The van der Waals surface area contributed by atoms with Crippen molar-refractivity contribution in [3.63, 3.8) is 0 Å². The Morgan fingerprint density at radius 3 is 2.62 bits per heavy atom. The number of carbonyl (C=O) groups excluding carboxylic acids is 1. The number of nitrogens with zero attached hydrogens (tertiary/aromatic N) is 2. The standard InChI is InChI=1S/C21H26N2O2S/c1-2-16-6-3-4-7-19(16)25-18-14-23(15-18)17-9-11-22(12-10-17)21(24)20-8-5-13-26-20/h3-8,13,17-18H,2,9-12,14-15H2,1H3. The molecule has 4 nitrogen and oxygen atoms in total. The first kappa shape index (κ1) is 17.6. The number of hydrogen-bond acceptors (Lipinski definition) is 4. The highest BCUT2D eigenvalue weighted by Gasteiger charge is 2.36. The molecule has 1 aromatic carbocycles. The molecule has 0 saturated carbocycles. The first-order valence-corrected chi connectivity index (χ1v) is 10.4. The second-order valence-electron chi connectivity index (χ2n) is 7.16. The average Bonchev–Trinajstić information content (AvgIpc) is 3.19. The third kappa shape index (κ3) is 3.64. The van der Waals surface area contributed by atoms with Crippen molar-refractivity contribution in [3.05, 3.63) is 52.2 Å². The number of aryl methyl sites for hydroxylation is 1. The van der Waals surface area contributed by atoms with E-state index in [1.165, 1.54) is 16.9 Å². The minimum Gasteiger partial charge on any atom is -0.487 e. The quantitative estimate of drug-likeness (QED) is 0.805. The van der Waals surface area contributed by atoms with Gasteiger partial charge in [0.2, 0.25) is 0 Å². The van der Waals surface area contributed by atoms with Crippen LogP contribution < -0.4 is 4.74 Å². The van der Waals surface area contributed by atoms with Gasteiger partial charge >= 0.3 is 0 Å². The summed E-state index contributed by atoms with van der Waals surface area (Å²) in [6.07, 6.45) is 3.43. The summed E-state index contributed by atoms with van der Waals surface area (Å²) >= 11 is 1.53. The summed E-state index contributed by atoms with van der Waals surface area (Å²) in [4.78, 5) is 17.8. The van der Waals surface area contributed by atoms with Gasteiger partial charge in [-0.3, -0.25) is 9.69 Å². The van der Waals surface area contributed by atoms with Crippen molar-refractivity contribution in [2.75, 3.05) is 26.2 Å². The lowest BCUT2D eigenvalue weighted by Gasteiger charge is -2.46. The van der Waals surface area contributed by atoms with Gasteiger partial charge in [-0.25, -0.2) is 0 Å². The molecular formula is C21H26N2O2S. The van der Waals surface area contributed by atoms with Crippen LogP contribution in [0.25, 0.3) is 0 Å². The first-order valence-electron chi connectivity index (χ1n) is 9.56. The number of thiophene rings is 1. The number of para-hydroxylation sites is 1. The molecule has 2 fully saturated rings. The van der Waals surface area contributed by atoms with Crippen LogP contribution in [-0.4, -0.2) is 54.0 Å². The van der Waals surface area contributed by atoms with E-state index >= 15 is 0 Å². The van der Waals surface area contributed by atoms with Crippen LogP contribution in [0.15, 0.2) is 41.8 Å². The molecule has 0 spiro atoms. The zero-order chi connectivity index (χ0) is 17.9. The topological polar surface area (TPSA) is 32.8 Å². The Morgan fingerprint density at radius 2 is 1.92 bits per heavy atom. The second-order valence-corrected chi connectivity index (χ2v) is 8.10. The van der Waals surface area contributed by atoms with Gasteiger partial charge in [-0.2, -0.15) is 0 Å². The fraction of sp³-hybridized carbons (Fsp3) is 0.476. The van der Waals surface area contributed by atoms with Crippen molar-refractivity contribution >= 4 is 17.2 Å². The second kappa shape index (κ2) is 7.80. The average molecular weight is 371 g/mol. The van der Waals surface area contributed by atoms with Gasteiger partial charge in [0.1, 0.15) is 11.9 Å². The van der Waals surface area contributed by atoms with E-state index in [1.807, 2.05) is 28.5 Å². The van der Waals surface area contributed by atoms with Crippen LogP contribution in [0.2, 0.25) is 0 Å². The highest BCUT2D eigenvalue weighted by Crippen LogP contribution is 2.27. The van der Waals surface area contributed by atoms with Crippen LogP contribution in [0.3, 0.4) is 0 Å². The number of carbonyl (C=O) groups is 1. The van der Waals surface area contributed by atoms with Crippen molar-refractivity contribution < 1.29 is 9.53 Å². The van der Waals surface area contributed by atoms with Gasteiger partial charge in [-0.1, -0.05) is 31.2 Å². The molecule has 1 aromatic heterocycles. The van der Waals surface area contributed by atoms with Crippen LogP contribution in [0.1, 0.15) is 35.0 Å². The molecule has 2 saturated heterocycles. The van der Waals surface area contributed by atoms with E-state index in [0.717, 1.165) is 56.1 Å². The maximum absolute atomic E-state index is 12.4. The molecule has 138 valence electrons. The van der Waals surface area contributed by atoms with Crippen LogP contribution >= 0.6 is 11.3 Å². The summed E-state index contributed by atoms with van der Waals surface area (Å²) in [6, 6.07) is 12.8. The maximum atomic E-state index is 12.4. The third-order valence-corrected chi connectivity index (χ3v) is 6.38. The van der Waals surface area contributed by atoms with Crippen molar-refractivity contribution in [2.24, 2.45) is 0 Å². The fourth-order valence-corrected chi connectivity index (χ4v) is 4.61. The van der Waals surface area contributed by atoms with Crippen molar-refractivity contribution in [3.8, 4) is 5.75 Å². The van der Waals surface area contributed by atoms with Crippen molar-refractivity contribution in [1.82, 2.24) is 9.80 Å². The highest BCUT2D eigenvalue weighted by molar-refractivity contribution is 7.12. The van der Waals surface area contributed by atoms with Crippen LogP contribution in [0.4, 0.5) is 0 Å². The molecular weight excluding hydrogens is 344 g/mol. The van der Waals surface area contributed by atoms with Crippen LogP contribution in [0.5, 0.6) is 5.75 Å². The Kier molecular flexibility index (Phi) is 5.27. The van der Waals surface area contributed by atoms with Gasteiger partial charge < -0.3 is 9.64 Å². The molecule has 26 heavy (non-hydrogen) atoms. The molecule has 0 atom stereocenters. The lowest BCUT2D eigenvalue weighted by Crippen LogP contribution is -2.60. The fourth-order valence-electron chi connectivity index (χ4n) is 3.92. The Hall–Kier alpha value is -1.85. The van der Waals surface area contributed by atoms with Crippen molar-refractivity contribution in [2.45, 2.75) is 38.3 Å². The van der Waals surface area contributed by atoms with Gasteiger partial charge in [0.05, 0.1) is 4.88 Å². The predicted molar refractivity (Wildman–Crippen MR) is 105 cm³/mol. The molecule has 0 bridgehead atoms. The van der Waals surface area contributed by atoms with Crippen LogP contribution in [-0.2, 0) is 6.42 Å². The van der Waals surface area contributed by atoms with Gasteiger partial charge in [-0.15, -0.1) is 11.3 Å². The molecule has 4 rings (SSSR count). The van der Waals surface area contributed by atoms with E-state index < -0.39 is 0 Å². The number of ether oxygens (including phenoxy) is 1. The molecule has 3 heterocycles. The number of likely N-dealkylation sites (tertiary alicyclic amines) is 2. The third-order valence-electron chi connectivity index (χ3n) is 5.52. The van der Waals surface area contributed by atoms with Gasteiger partial charge in [0, 0.05) is 32.2 Å². The molecule has 5 heteroatoms. The molecule has 2 aliphatic heterocycles. The zero-order valence-corrected chi connectivity index (χ0v) is 16.1. The summed E-state index contributed by atoms with van der Waals surface area (Å²) in [5, 5.41) is 1.97. The van der Waals surface area contributed by atoms with E-state index in [-0.39, 0.29) is 5.91 Å². The normalized spacial score (nSPS) is 19.3. The summed E-state index contributed by atoms with van der Waals surface area (Å²) in [7, 11) is 0. The van der Waals surface area contributed by atoms with E-state index in [0.29, 0.717) is 12.1 Å². The Bertz CT molecular complexity index is 732. The summed E-state index contributed by atoms with van der Waals surface area (Å²) in [5.41, 5.74) is 1.28. The Labute approximate surface area is 159 Å². The van der Waals surface area contributed by atoms with Crippen LogP contribution in [0, 0.1) is 0 Å². The summed E-state index contributed by atoms with van der Waals surface area (Å²) in [6.45, 7) is 5.90. The Balaban J connectivity index is 1.24. The minimum atomic E-state index is 0.194. The molecule has 1 amide bonds. The Morgan fingerprint density at radius 1 is 1.15 bits per heavy atom. The van der Waals surface area contributed by atoms with E-state index in [2.05, 4.69) is 30.0 Å². The lowest BCUT2D eigenvalue weighted by molar-refractivity contribution is -0.0252. The molecule has 2 aliphatic rings. The number of rotatable bonds is 5. The lowest BCUT2D eigenvalue weighted by atomic mass is 9.98. The molecule has 2 aromatic rings. The van der Waals surface area contributed by atoms with E-state index in [4.69, 9.17) is 4.74 Å². The molecule has 0 N–H and O–H groups in total. The smallest absolute Gasteiger partial charge is 0.263 e. The SMILES string of the molecule is CCc1ccccc1OC1CN(C2CCN(C(=O)c3cccs3)CC2)C1. The predicted octanol–water partition coefficient (Wildman–Crippen LogP) is 3.68. The first-order chi connectivity index (χ1) is 12.7. The van der Waals surface area contributed by atoms with Crippen molar-refractivity contribution in [1.29, 1.82) is 0 Å². The number of hydrogen-bond donors (Lipinski definition) is 0. The number of benzene rings is 1. The maximum Gasteiger partial charge on any atom is 0.263 e. The monoisotopic (exact) mass is 370 g/mol. The number of amides is 1. The number of piperidine rings is 1. The summed E-state index contributed by atoms with van der Waals surface area (Å²) in [5.74, 6) is 1.23.